The number of rotatable bonds is 5. The van der Waals surface area contributed by atoms with Crippen LogP contribution in [0, 0.1) is 6.92 Å². The Morgan fingerprint density at radius 1 is 1.00 bits per heavy atom. The number of allylic oxidation sites excluding steroid dienone is 1. The van der Waals surface area contributed by atoms with Crippen LogP contribution in [0.5, 0.6) is 0 Å². The number of anilines is 1. The lowest BCUT2D eigenvalue weighted by Gasteiger charge is -2.27. The zero-order valence-corrected chi connectivity index (χ0v) is 18.4. The Labute approximate surface area is 189 Å². The second-order valence-electron chi connectivity index (χ2n) is 7.34. The number of ketones is 1. The molecule has 3 aromatic rings. The number of benzene rings is 3. The van der Waals surface area contributed by atoms with Crippen molar-refractivity contribution in [3.63, 3.8) is 0 Å². The molecule has 154 valence electrons. The fourth-order valence-electron chi connectivity index (χ4n) is 3.69. The zero-order valence-electron chi connectivity index (χ0n) is 16.8. The molecule has 0 spiro atoms. The maximum Gasteiger partial charge on any atom is 0.294 e. The molecule has 0 aliphatic carbocycles. The molecule has 4 nitrogen and oxygen atoms in total. The van der Waals surface area contributed by atoms with Gasteiger partial charge in [0.05, 0.1) is 11.6 Å². The van der Waals surface area contributed by atoms with Crippen molar-refractivity contribution < 1.29 is 14.7 Å². The minimum Gasteiger partial charge on any atom is -0.503 e. The smallest absolute Gasteiger partial charge is 0.294 e. The number of aliphatic hydroxyl groups excluding tert-OH is 1. The van der Waals surface area contributed by atoms with E-state index in [0.717, 1.165) is 21.2 Å². The summed E-state index contributed by atoms with van der Waals surface area (Å²) in [7, 11) is 0. The topological polar surface area (TPSA) is 57.6 Å². The molecule has 4 rings (SSSR count). The molecule has 0 fully saturated rings. The van der Waals surface area contributed by atoms with Gasteiger partial charge in [-0.1, -0.05) is 76.6 Å². The maximum atomic E-state index is 13.2. The van der Waals surface area contributed by atoms with E-state index in [-0.39, 0.29) is 5.57 Å². The van der Waals surface area contributed by atoms with Crippen LogP contribution in [0.4, 0.5) is 5.69 Å². The molecule has 1 N–H and O–H groups in total. The number of halogens is 1. The molecule has 31 heavy (non-hydrogen) atoms. The quantitative estimate of drug-likeness (QED) is 0.466. The predicted molar refractivity (Wildman–Crippen MR) is 126 cm³/mol. The van der Waals surface area contributed by atoms with Crippen molar-refractivity contribution in [3.8, 4) is 0 Å². The highest BCUT2D eigenvalue weighted by Gasteiger charge is 2.43. The first-order valence-corrected chi connectivity index (χ1v) is 10.6. The fourth-order valence-corrected chi connectivity index (χ4v) is 3.95. The van der Waals surface area contributed by atoms with Crippen molar-refractivity contribution in [2.45, 2.75) is 13.0 Å². The molecular formula is C26H20BrNO3. The Kier molecular flexibility index (Phi) is 5.87. The fraction of sp³-hybridized carbons (Fsp3) is 0.0769. The SMILES string of the molecule is Cc1cccc(N2C(=O)C(O)=C(C(=O)C=Cc3ccccc3)C2c2ccc(Br)cc2)c1. The highest BCUT2D eigenvalue weighted by atomic mass is 79.9. The average molecular weight is 474 g/mol. The van der Waals surface area contributed by atoms with E-state index >= 15 is 0 Å². The number of aryl methyl sites for hydroxylation is 1. The highest BCUT2D eigenvalue weighted by Crippen LogP contribution is 2.41. The Hall–Kier alpha value is -3.44. The minimum absolute atomic E-state index is 0.0704. The summed E-state index contributed by atoms with van der Waals surface area (Å²) in [4.78, 5) is 27.7. The lowest BCUT2D eigenvalue weighted by atomic mass is 9.95. The molecule has 1 aliphatic heterocycles. The summed E-state index contributed by atoms with van der Waals surface area (Å²) < 4.78 is 0.882. The van der Waals surface area contributed by atoms with Gasteiger partial charge in [0.15, 0.2) is 11.5 Å². The van der Waals surface area contributed by atoms with Gasteiger partial charge in [-0.25, -0.2) is 0 Å². The van der Waals surface area contributed by atoms with E-state index in [2.05, 4.69) is 15.9 Å². The van der Waals surface area contributed by atoms with E-state index in [1.807, 2.05) is 79.7 Å². The van der Waals surface area contributed by atoms with E-state index in [4.69, 9.17) is 0 Å². The van der Waals surface area contributed by atoms with Crippen molar-refractivity contribution in [3.05, 3.63) is 117 Å². The van der Waals surface area contributed by atoms with E-state index < -0.39 is 23.5 Å². The van der Waals surface area contributed by atoms with Gasteiger partial charge in [-0.3, -0.25) is 14.5 Å². The molecule has 0 saturated heterocycles. The molecule has 1 atom stereocenters. The zero-order chi connectivity index (χ0) is 22.0. The van der Waals surface area contributed by atoms with Gasteiger partial charge < -0.3 is 5.11 Å². The third-order valence-corrected chi connectivity index (χ3v) is 5.69. The van der Waals surface area contributed by atoms with Crippen molar-refractivity contribution in [1.82, 2.24) is 0 Å². The van der Waals surface area contributed by atoms with Gasteiger partial charge in [-0.05, 0) is 54.0 Å². The van der Waals surface area contributed by atoms with Crippen molar-refractivity contribution in [2.24, 2.45) is 0 Å². The summed E-state index contributed by atoms with van der Waals surface area (Å²) >= 11 is 3.42. The molecule has 1 unspecified atom stereocenters. The van der Waals surface area contributed by atoms with Gasteiger partial charge in [-0.15, -0.1) is 0 Å². The Bertz CT molecular complexity index is 1200. The molecule has 1 aliphatic rings. The number of nitrogens with zero attached hydrogens (tertiary/aromatic N) is 1. The summed E-state index contributed by atoms with van der Waals surface area (Å²) in [6, 6.07) is 23.5. The predicted octanol–water partition coefficient (Wildman–Crippen LogP) is 5.94. The second kappa shape index (κ2) is 8.74. The molecular weight excluding hydrogens is 454 g/mol. The van der Waals surface area contributed by atoms with Crippen LogP contribution < -0.4 is 4.90 Å². The lowest BCUT2D eigenvalue weighted by Crippen LogP contribution is -2.30. The van der Waals surface area contributed by atoms with Crippen molar-refractivity contribution in [1.29, 1.82) is 0 Å². The first-order valence-electron chi connectivity index (χ1n) is 9.82. The summed E-state index contributed by atoms with van der Waals surface area (Å²) in [5, 5.41) is 10.7. The Morgan fingerprint density at radius 2 is 1.71 bits per heavy atom. The van der Waals surface area contributed by atoms with Gasteiger partial charge in [0.1, 0.15) is 0 Å². The number of carbonyl (C=O) groups is 2. The van der Waals surface area contributed by atoms with E-state index in [1.54, 1.807) is 12.1 Å². The Morgan fingerprint density at radius 3 is 2.39 bits per heavy atom. The van der Waals surface area contributed by atoms with E-state index in [1.165, 1.54) is 11.0 Å². The Balaban J connectivity index is 1.79. The molecule has 3 aromatic carbocycles. The molecule has 0 saturated carbocycles. The summed E-state index contributed by atoms with van der Waals surface area (Å²) in [6.07, 6.45) is 3.08. The highest BCUT2D eigenvalue weighted by molar-refractivity contribution is 9.10. The van der Waals surface area contributed by atoms with Gasteiger partial charge in [-0.2, -0.15) is 0 Å². The molecule has 0 bridgehead atoms. The first kappa shape index (κ1) is 20.8. The van der Waals surface area contributed by atoms with Gasteiger partial charge in [0, 0.05) is 10.2 Å². The standard InChI is InChI=1S/C26H20BrNO3/c1-17-6-5-9-21(16-17)28-24(19-11-13-20(27)14-12-19)23(25(30)26(28)31)22(29)15-10-18-7-3-2-4-8-18/h2-16,24,30H,1H3. The van der Waals surface area contributed by atoms with Crippen LogP contribution in [-0.4, -0.2) is 16.8 Å². The van der Waals surface area contributed by atoms with Gasteiger partial charge >= 0.3 is 0 Å². The van der Waals surface area contributed by atoms with Crippen LogP contribution in [0.2, 0.25) is 0 Å². The van der Waals surface area contributed by atoms with Crippen molar-refractivity contribution >= 4 is 39.4 Å². The van der Waals surface area contributed by atoms with Gasteiger partial charge in [0.2, 0.25) is 0 Å². The van der Waals surface area contributed by atoms with Crippen LogP contribution in [0.15, 0.2) is 101 Å². The van der Waals surface area contributed by atoms with Crippen LogP contribution in [-0.2, 0) is 9.59 Å². The number of carbonyl (C=O) groups excluding carboxylic acids is 2. The lowest BCUT2D eigenvalue weighted by molar-refractivity contribution is -0.117. The van der Waals surface area contributed by atoms with Gasteiger partial charge in [0.25, 0.3) is 5.91 Å². The minimum atomic E-state index is -0.727. The number of hydrogen-bond donors (Lipinski definition) is 1. The van der Waals surface area contributed by atoms with Crippen LogP contribution in [0.1, 0.15) is 22.7 Å². The summed E-state index contributed by atoms with van der Waals surface area (Å²) in [6.45, 7) is 1.93. The third kappa shape index (κ3) is 4.23. The normalized spacial score (nSPS) is 16.4. The summed E-state index contributed by atoms with van der Waals surface area (Å²) in [5.41, 5.74) is 3.26. The van der Waals surface area contributed by atoms with E-state index in [9.17, 15) is 14.7 Å². The summed E-state index contributed by atoms with van der Waals surface area (Å²) in [5.74, 6) is -1.51. The van der Waals surface area contributed by atoms with Crippen LogP contribution in [0.3, 0.4) is 0 Å². The van der Waals surface area contributed by atoms with Crippen molar-refractivity contribution in [2.75, 3.05) is 4.90 Å². The monoisotopic (exact) mass is 473 g/mol. The van der Waals surface area contributed by atoms with E-state index in [0.29, 0.717) is 5.69 Å². The van der Waals surface area contributed by atoms with Crippen LogP contribution in [0.25, 0.3) is 6.08 Å². The molecule has 1 heterocycles. The number of hydrogen-bond acceptors (Lipinski definition) is 3. The molecule has 1 amide bonds. The maximum absolute atomic E-state index is 13.2. The molecule has 5 heteroatoms. The average Bonchev–Trinajstić information content (AvgIpc) is 3.04. The second-order valence-corrected chi connectivity index (χ2v) is 8.25. The third-order valence-electron chi connectivity index (χ3n) is 5.17. The largest absolute Gasteiger partial charge is 0.503 e. The van der Waals surface area contributed by atoms with Crippen LogP contribution >= 0.6 is 15.9 Å². The number of amides is 1. The first-order chi connectivity index (χ1) is 15.0. The molecule has 0 aromatic heterocycles. The molecule has 0 radical (unpaired) electrons. The number of aliphatic hydroxyl groups is 1.